The first kappa shape index (κ1) is 15.6. The van der Waals surface area contributed by atoms with Gasteiger partial charge in [0, 0.05) is 18.7 Å². The Hall–Kier alpha value is -1.75. The van der Waals surface area contributed by atoms with E-state index in [-0.39, 0.29) is 5.91 Å². The molecule has 1 aliphatic rings. The van der Waals surface area contributed by atoms with E-state index in [0.29, 0.717) is 23.5 Å². The van der Waals surface area contributed by atoms with Gasteiger partial charge in [0.1, 0.15) is 5.75 Å². The van der Waals surface area contributed by atoms with Crippen LogP contribution < -0.4 is 15.8 Å². The molecular formula is C16H25N3O2. The number of nitrogens with two attached hydrogens (primary N) is 1. The molecule has 1 aromatic rings. The summed E-state index contributed by atoms with van der Waals surface area (Å²) >= 11 is 0. The monoisotopic (exact) mass is 291 g/mol. The molecule has 21 heavy (non-hydrogen) atoms. The molecule has 1 atom stereocenters. The normalized spacial score (nSPS) is 18.7. The summed E-state index contributed by atoms with van der Waals surface area (Å²) in [5.74, 6) is 1.42. The number of carbonyl (C=O) groups excluding carboxylic acids is 1. The highest BCUT2D eigenvalue weighted by atomic mass is 16.5. The number of hydrogen-bond donors (Lipinski definition) is 2. The molecule has 0 aromatic heterocycles. The molecule has 1 heterocycles. The van der Waals surface area contributed by atoms with Gasteiger partial charge in [0.2, 0.25) is 5.91 Å². The number of anilines is 2. The number of likely N-dealkylation sites (tertiary alicyclic amines) is 1. The van der Waals surface area contributed by atoms with Crippen molar-refractivity contribution in [3.05, 3.63) is 18.2 Å². The number of nitrogens with one attached hydrogen (secondary N) is 1. The molecule has 0 bridgehead atoms. The van der Waals surface area contributed by atoms with Crippen LogP contribution in [0.3, 0.4) is 0 Å². The van der Waals surface area contributed by atoms with Crippen molar-refractivity contribution in [3.8, 4) is 5.75 Å². The zero-order valence-corrected chi connectivity index (χ0v) is 12.9. The minimum Gasteiger partial charge on any atom is -0.495 e. The van der Waals surface area contributed by atoms with E-state index < -0.39 is 0 Å². The molecule has 1 aromatic carbocycles. The number of hydrogen-bond acceptors (Lipinski definition) is 4. The second-order valence-electron chi connectivity index (χ2n) is 5.81. The van der Waals surface area contributed by atoms with Gasteiger partial charge in [0.05, 0.1) is 12.8 Å². The Morgan fingerprint density at radius 2 is 2.33 bits per heavy atom. The lowest BCUT2D eigenvalue weighted by Gasteiger charge is -2.15. The molecule has 0 saturated carbocycles. The summed E-state index contributed by atoms with van der Waals surface area (Å²) in [6, 6.07) is 5.23. The standard InChI is InChI=1S/C16H25N3O2/c1-12-7-9-19(11-12)8-3-4-16(20)18-14-10-13(17)5-6-15(14)21-2/h5-6,10,12H,3-4,7-9,11,17H2,1-2H3,(H,18,20). The highest BCUT2D eigenvalue weighted by molar-refractivity contribution is 5.92. The van der Waals surface area contributed by atoms with Crippen molar-refractivity contribution >= 4 is 17.3 Å². The molecule has 116 valence electrons. The van der Waals surface area contributed by atoms with Crippen molar-refractivity contribution in [3.63, 3.8) is 0 Å². The zero-order valence-electron chi connectivity index (χ0n) is 12.9. The maximum atomic E-state index is 12.0. The first-order valence-electron chi connectivity index (χ1n) is 7.54. The van der Waals surface area contributed by atoms with Crippen molar-refractivity contribution in [2.24, 2.45) is 5.92 Å². The average Bonchev–Trinajstić information content (AvgIpc) is 2.85. The van der Waals surface area contributed by atoms with Gasteiger partial charge in [0.15, 0.2) is 0 Å². The third-order valence-corrected chi connectivity index (χ3v) is 3.88. The number of amides is 1. The van der Waals surface area contributed by atoms with E-state index in [4.69, 9.17) is 10.5 Å². The Morgan fingerprint density at radius 1 is 1.52 bits per heavy atom. The van der Waals surface area contributed by atoms with Crippen molar-refractivity contribution < 1.29 is 9.53 Å². The highest BCUT2D eigenvalue weighted by Gasteiger charge is 2.18. The quantitative estimate of drug-likeness (QED) is 0.789. The van der Waals surface area contributed by atoms with E-state index in [2.05, 4.69) is 17.1 Å². The summed E-state index contributed by atoms with van der Waals surface area (Å²) in [5.41, 5.74) is 6.99. The second-order valence-corrected chi connectivity index (χ2v) is 5.81. The van der Waals surface area contributed by atoms with Gasteiger partial charge < -0.3 is 20.7 Å². The predicted octanol–water partition coefficient (Wildman–Crippen LogP) is 2.34. The van der Waals surface area contributed by atoms with Crippen LogP contribution >= 0.6 is 0 Å². The van der Waals surface area contributed by atoms with E-state index in [1.807, 2.05) is 0 Å². The fourth-order valence-electron chi connectivity index (χ4n) is 2.73. The lowest BCUT2D eigenvalue weighted by molar-refractivity contribution is -0.116. The Balaban J connectivity index is 1.78. The molecule has 0 spiro atoms. The minimum absolute atomic E-state index is 0.00569. The third kappa shape index (κ3) is 4.63. The Kier molecular flexibility index (Phi) is 5.44. The van der Waals surface area contributed by atoms with Gasteiger partial charge in [-0.15, -0.1) is 0 Å². The first-order chi connectivity index (χ1) is 10.1. The summed E-state index contributed by atoms with van der Waals surface area (Å²) in [6.07, 6.45) is 2.67. The summed E-state index contributed by atoms with van der Waals surface area (Å²) in [5, 5.41) is 2.87. The van der Waals surface area contributed by atoms with E-state index in [9.17, 15) is 4.79 Å². The predicted molar refractivity (Wildman–Crippen MR) is 85.5 cm³/mol. The Bertz CT molecular complexity index is 490. The lowest BCUT2D eigenvalue weighted by atomic mass is 10.2. The topological polar surface area (TPSA) is 67.6 Å². The molecule has 1 fully saturated rings. The maximum Gasteiger partial charge on any atom is 0.224 e. The van der Waals surface area contributed by atoms with Crippen molar-refractivity contribution in [1.29, 1.82) is 0 Å². The van der Waals surface area contributed by atoms with Crippen molar-refractivity contribution in [2.75, 3.05) is 37.8 Å². The SMILES string of the molecule is COc1ccc(N)cc1NC(=O)CCCN1CCC(C)C1. The summed E-state index contributed by atoms with van der Waals surface area (Å²) in [4.78, 5) is 14.4. The van der Waals surface area contributed by atoms with Crippen molar-refractivity contribution in [2.45, 2.75) is 26.2 Å². The molecule has 1 aliphatic heterocycles. The van der Waals surface area contributed by atoms with E-state index >= 15 is 0 Å². The van der Waals surface area contributed by atoms with E-state index in [1.165, 1.54) is 6.42 Å². The van der Waals surface area contributed by atoms with Crippen molar-refractivity contribution in [1.82, 2.24) is 4.90 Å². The fourth-order valence-corrected chi connectivity index (χ4v) is 2.73. The van der Waals surface area contributed by atoms with Crippen LogP contribution in [-0.2, 0) is 4.79 Å². The van der Waals surface area contributed by atoms with Gasteiger partial charge in [-0.05, 0) is 50.0 Å². The molecular weight excluding hydrogens is 266 g/mol. The molecule has 1 saturated heterocycles. The number of benzene rings is 1. The van der Waals surface area contributed by atoms with Crippen LogP contribution in [0, 0.1) is 5.92 Å². The summed E-state index contributed by atoms with van der Waals surface area (Å²) in [7, 11) is 1.58. The van der Waals surface area contributed by atoms with Gasteiger partial charge >= 0.3 is 0 Å². The van der Waals surface area contributed by atoms with Crippen LogP contribution in [0.25, 0.3) is 0 Å². The molecule has 2 rings (SSSR count). The van der Waals surface area contributed by atoms with E-state index in [0.717, 1.165) is 32.0 Å². The zero-order chi connectivity index (χ0) is 15.2. The average molecular weight is 291 g/mol. The van der Waals surface area contributed by atoms with Gasteiger partial charge in [-0.3, -0.25) is 4.79 Å². The molecule has 1 unspecified atom stereocenters. The highest BCUT2D eigenvalue weighted by Crippen LogP contribution is 2.26. The van der Waals surface area contributed by atoms with Crippen LogP contribution in [-0.4, -0.2) is 37.6 Å². The maximum absolute atomic E-state index is 12.0. The number of rotatable bonds is 6. The molecule has 0 radical (unpaired) electrons. The molecule has 0 aliphatic carbocycles. The number of carbonyl (C=O) groups is 1. The van der Waals surface area contributed by atoms with Gasteiger partial charge in [-0.1, -0.05) is 6.92 Å². The summed E-state index contributed by atoms with van der Waals surface area (Å²) in [6.45, 7) is 5.58. The number of nitrogens with zero attached hydrogens (tertiary/aromatic N) is 1. The largest absolute Gasteiger partial charge is 0.495 e. The van der Waals surface area contributed by atoms with Gasteiger partial charge in [0.25, 0.3) is 0 Å². The Morgan fingerprint density at radius 3 is 3.00 bits per heavy atom. The van der Waals surface area contributed by atoms with Gasteiger partial charge in [-0.2, -0.15) is 0 Å². The van der Waals surface area contributed by atoms with E-state index in [1.54, 1.807) is 25.3 Å². The van der Waals surface area contributed by atoms with Crippen LogP contribution in [0.1, 0.15) is 26.2 Å². The first-order valence-corrected chi connectivity index (χ1v) is 7.54. The number of methoxy groups -OCH3 is 1. The van der Waals surface area contributed by atoms with Crippen LogP contribution in [0.15, 0.2) is 18.2 Å². The number of nitrogen functional groups attached to an aromatic ring is 1. The number of ether oxygens (including phenoxy) is 1. The second kappa shape index (κ2) is 7.31. The van der Waals surface area contributed by atoms with Crippen LogP contribution in [0.2, 0.25) is 0 Å². The fraction of sp³-hybridized carbons (Fsp3) is 0.562. The third-order valence-electron chi connectivity index (χ3n) is 3.88. The van der Waals surface area contributed by atoms with Gasteiger partial charge in [-0.25, -0.2) is 0 Å². The Labute approximate surface area is 126 Å². The summed E-state index contributed by atoms with van der Waals surface area (Å²) < 4.78 is 5.22. The molecule has 5 nitrogen and oxygen atoms in total. The van der Waals surface area contributed by atoms with Crippen LogP contribution in [0.4, 0.5) is 11.4 Å². The molecule has 3 N–H and O–H groups in total. The molecule has 5 heteroatoms. The van der Waals surface area contributed by atoms with Crippen LogP contribution in [0.5, 0.6) is 5.75 Å². The lowest BCUT2D eigenvalue weighted by Crippen LogP contribution is -2.23. The minimum atomic E-state index is 0.00569. The molecule has 1 amide bonds. The smallest absolute Gasteiger partial charge is 0.224 e.